The van der Waals surface area contributed by atoms with Gasteiger partial charge in [-0.15, -0.1) is 0 Å². The summed E-state index contributed by atoms with van der Waals surface area (Å²) in [4.78, 5) is 9.40. The molecule has 0 fully saturated rings. The number of benzene rings is 6. The van der Waals surface area contributed by atoms with Crippen molar-refractivity contribution in [2.45, 2.75) is 0 Å². The third kappa shape index (κ3) is 3.71. The Morgan fingerprint density at radius 3 is 1.36 bits per heavy atom. The van der Waals surface area contributed by atoms with E-state index in [0.717, 1.165) is 33.9 Å². The molecule has 0 aliphatic heterocycles. The van der Waals surface area contributed by atoms with Gasteiger partial charge in [-0.05, 0) is 48.5 Å². The highest BCUT2D eigenvalue weighted by molar-refractivity contribution is 6.12. The van der Waals surface area contributed by atoms with Crippen molar-refractivity contribution in [3.8, 4) is 33.9 Å². The van der Waals surface area contributed by atoms with Crippen molar-refractivity contribution >= 4 is 43.6 Å². The van der Waals surface area contributed by atoms with E-state index in [2.05, 4.69) is 142 Å². The highest BCUT2D eigenvalue weighted by atomic mass is 15.0. The monoisotopic (exact) mass is 562 g/mol. The molecule has 0 atom stereocenters. The molecule has 9 aromatic rings. The Morgan fingerprint density at radius 1 is 0.341 bits per heavy atom. The Hall–Kier alpha value is -6.00. The molecule has 4 nitrogen and oxygen atoms in total. The Balaban J connectivity index is 1.21. The molecule has 44 heavy (non-hydrogen) atoms. The molecule has 0 unspecified atom stereocenters. The second-order valence-electron chi connectivity index (χ2n) is 11.1. The maximum Gasteiger partial charge on any atom is 0.0965 e. The van der Waals surface area contributed by atoms with Crippen LogP contribution in [0, 0.1) is 0 Å². The van der Waals surface area contributed by atoms with Gasteiger partial charge >= 0.3 is 0 Å². The summed E-state index contributed by atoms with van der Waals surface area (Å²) >= 11 is 0. The van der Waals surface area contributed by atoms with Crippen LogP contribution in [0.25, 0.3) is 77.5 Å². The van der Waals surface area contributed by atoms with E-state index in [1.54, 1.807) is 12.4 Å². The standard InChI is InChI=1S/C40H26N4/c1-2-10-27(11-3-1)39-40(42-25-24-41-39)28-18-20-29(21-19-28)43-37-17-9-6-14-33(37)34-26-30(22-23-38(34)43)44-35-15-7-4-12-31(35)32-13-5-8-16-36(32)44/h1-26H. The van der Waals surface area contributed by atoms with Crippen molar-refractivity contribution < 1.29 is 0 Å². The summed E-state index contributed by atoms with van der Waals surface area (Å²) in [7, 11) is 0. The van der Waals surface area contributed by atoms with Gasteiger partial charge in [-0.25, -0.2) is 0 Å². The van der Waals surface area contributed by atoms with Crippen LogP contribution in [-0.4, -0.2) is 19.1 Å². The summed E-state index contributed by atoms with van der Waals surface area (Å²) in [6.45, 7) is 0. The van der Waals surface area contributed by atoms with Gasteiger partial charge in [0.2, 0.25) is 0 Å². The molecule has 0 aliphatic rings. The van der Waals surface area contributed by atoms with Crippen LogP contribution < -0.4 is 0 Å². The molecule has 0 saturated heterocycles. The number of hydrogen-bond donors (Lipinski definition) is 0. The molecule has 0 saturated carbocycles. The Kier molecular flexibility index (Phi) is 5.47. The minimum absolute atomic E-state index is 0.878. The molecule has 9 rings (SSSR count). The second kappa shape index (κ2) is 9.79. The summed E-state index contributed by atoms with van der Waals surface area (Å²) in [5.41, 5.74) is 10.9. The first kappa shape index (κ1) is 24.6. The molecule has 0 spiro atoms. The topological polar surface area (TPSA) is 35.6 Å². The zero-order valence-corrected chi connectivity index (χ0v) is 23.8. The quantitative estimate of drug-likeness (QED) is 0.214. The van der Waals surface area contributed by atoms with E-state index in [1.165, 1.54) is 43.6 Å². The summed E-state index contributed by atoms with van der Waals surface area (Å²) < 4.78 is 4.75. The Labute approximate surface area is 254 Å². The van der Waals surface area contributed by atoms with Gasteiger partial charge in [0.15, 0.2) is 0 Å². The molecule has 3 heterocycles. The molecule has 6 aromatic carbocycles. The van der Waals surface area contributed by atoms with Crippen LogP contribution in [0.5, 0.6) is 0 Å². The lowest BCUT2D eigenvalue weighted by Gasteiger charge is -2.12. The molecular weight excluding hydrogens is 536 g/mol. The number of para-hydroxylation sites is 3. The van der Waals surface area contributed by atoms with Crippen molar-refractivity contribution in [2.24, 2.45) is 0 Å². The van der Waals surface area contributed by atoms with Crippen molar-refractivity contribution in [1.82, 2.24) is 19.1 Å². The largest absolute Gasteiger partial charge is 0.309 e. The van der Waals surface area contributed by atoms with E-state index >= 15 is 0 Å². The van der Waals surface area contributed by atoms with E-state index in [4.69, 9.17) is 4.98 Å². The SMILES string of the molecule is c1ccc(-c2nccnc2-c2ccc(-n3c4ccccc4c4cc(-n5c6ccccc6c6ccccc65)ccc43)cc2)cc1. The fourth-order valence-electron chi connectivity index (χ4n) is 6.70. The van der Waals surface area contributed by atoms with Crippen LogP contribution in [0.3, 0.4) is 0 Å². The lowest BCUT2D eigenvalue weighted by Crippen LogP contribution is -1.96. The van der Waals surface area contributed by atoms with Gasteiger partial charge in [-0.2, -0.15) is 0 Å². The molecule has 0 N–H and O–H groups in total. The first-order valence-electron chi connectivity index (χ1n) is 14.8. The van der Waals surface area contributed by atoms with Crippen LogP contribution in [0.1, 0.15) is 0 Å². The van der Waals surface area contributed by atoms with Gasteiger partial charge in [-0.3, -0.25) is 9.97 Å². The summed E-state index contributed by atoms with van der Waals surface area (Å²) in [6.07, 6.45) is 3.52. The lowest BCUT2D eigenvalue weighted by atomic mass is 10.0. The van der Waals surface area contributed by atoms with Gasteiger partial charge in [0.1, 0.15) is 0 Å². The summed E-state index contributed by atoms with van der Waals surface area (Å²) in [5, 5.41) is 4.99. The zero-order chi connectivity index (χ0) is 29.0. The first-order valence-corrected chi connectivity index (χ1v) is 14.8. The number of aromatic nitrogens is 4. The number of fused-ring (bicyclic) bond motifs is 6. The van der Waals surface area contributed by atoms with E-state index < -0.39 is 0 Å². The predicted molar refractivity (Wildman–Crippen MR) is 182 cm³/mol. The predicted octanol–water partition coefficient (Wildman–Crippen LogP) is 10.0. The maximum atomic E-state index is 4.72. The highest BCUT2D eigenvalue weighted by Gasteiger charge is 2.17. The van der Waals surface area contributed by atoms with E-state index in [-0.39, 0.29) is 0 Å². The van der Waals surface area contributed by atoms with Crippen molar-refractivity contribution in [3.05, 3.63) is 158 Å². The molecule has 4 heteroatoms. The third-order valence-electron chi connectivity index (χ3n) is 8.64. The normalized spacial score (nSPS) is 11.6. The minimum atomic E-state index is 0.878. The third-order valence-corrected chi connectivity index (χ3v) is 8.64. The lowest BCUT2D eigenvalue weighted by molar-refractivity contribution is 1.16. The first-order chi connectivity index (χ1) is 21.8. The summed E-state index contributed by atoms with van der Waals surface area (Å²) in [5.74, 6) is 0. The van der Waals surface area contributed by atoms with Crippen LogP contribution in [0.15, 0.2) is 158 Å². The number of rotatable bonds is 4. The molecule has 0 radical (unpaired) electrons. The van der Waals surface area contributed by atoms with Gasteiger partial charge < -0.3 is 9.13 Å². The van der Waals surface area contributed by atoms with Crippen molar-refractivity contribution in [2.75, 3.05) is 0 Å². The fraction of sp³-hybridized carbons (Fsp3) is 0. The highest BCUT2D eigenvalue weighted by Crippen LogP contribution is 2.37. The average Bonchev–Trinajstić information content (AvgIpc) is 3.61. The molecule has 206 valence electrons. The van der Waals surface area contributed by atoms with Gasteiger partial charge in [0.05, 0.1) is 33.5 Å². The second-order valence-corrected chi connectivity index (χ2v) is 11.1. The van der Waals surface area contributed by atoms with Gasteiger partial charge in [0, 0.05) is 56.4 Å². The number of nitrogens with zero attached hydrogens (tertiary/aromatic N) is 4. The molecule has 0 amide bonds. The van der Waals surface area contributed by atoms with E-state index in [0.29, 0.717) is 0 Å². The smallest absolute Gasteiger partial charge is 0.0965 e. The molecule has 0 aliphatic carbocycles. The molecule has 3 aromatic heterocycles. The van der Waals surface area contributed by atoms with E-state index in [9.17, 15) is 0 Å². The number of hydrogen-bond acceptors (Lipinski definition) is 2. The van der Waals surface area contributed by atoms with Crippen molar-refractivity contribution in [3.63, 3.8) is 0 Å². The van der Waals surface area contributed by atoms with Crippen molar-refractivity contribution in [1.29, 1.82) is 0 Å². The Bertz CT molecular complexity index is 2430. The zero-order valence-electron chi connectivity index (χ0n) is 23.8. The molecule has 0 bridgehead atoms. The van der Waals surface area contributed by atoms with Gasteiger partial charge in [-0.1, -0.05) is 97.1 Å². The van der Waals surface area contributed by atoms with Crippen LogP contribution in [0.2, 0.25) is 0 Å². The average molecular weight is 563 g/mol. The van der Waals surface area contributed by atoms with Gasteiger partial charge in [0.25, 0.3) is 0 Å². The van der Waals surface area contributed by atoms with Crippen LogP contribution in [0.4, 0.5) is 0 Å². The van der Waals surface area contributed by atoms with E-state index in [1.807, 2.05) is 18.2 Å². The minimum Gasteiger partial charge on any atom is -0.309 e. The van der Waals surface area contributed by atoms with Crippen LogP contribution in [-0.2, 0) is 0 Å². The Morgan fingerprint density at radius 2 is 0.773 bits per heavy atom. The summed E-state index contributed by atoms with van der Waals surface area (Å²) in [6, 6.07) is 51.8. The maximum absolute atomic E-state index is 4.72. The molecular formula is C40H26N4. The fourth-order valence-corrected chi connectivity index (χ4v) is 6.70. The van der Waals surface area contributed by atoms with Crippen LogP contribution >= 0.6 is 0 Å².